The number of thioether (sulfide) groups is 1. The van der Waals surface area contributed by atoms with Gasteiger partial charge in [-0.3, -0.25) is 4.79 Å². The number of amides is 1. The lowest BCUT2D eigenvalue weighted by Gasteiger charge is -2.34. The van der Waals surface area contributed by atoms with Crippen LogP contribution in [0.3, 0.4) is 0 Å². The number of hydrogen-bond acceptors (Lipinski definition) is 3. The molecule has 1 N–H and O–H groups in total. The molecular formula is C15H28N2OS. The van der Waals surface area contributed by atoms with Crippen molar-refractivity contribution in [1.29, 1.82) is 0 Å². The van der Waals surface area contributed by atoms with Crippen molar-refractivity contribution in [2.24, 2.45) is 11.8 Å². The van der Waals surface area contributed by atoms with Gasteiger partial charge in [-0.25, -0.2) is 0 Å². The molecule has 2 saturated heterocycles. The van der Waals surface area contributed by atoms with Crippen LogP contribution in [0, 0.1) is 11.8 Å². The van der Waals surface area contributed by atoms with Gasteiger partial charge in [0.25, 0.3) is 0 Å². The number of carbonyl (C=O) groups excluding carboxylic acids is 1. The van der Waals surface area contributed by atoms with E-state index in [0.29, 0.717) is 5.91 Å². The van der Waals surface area contributed by atoms with Crippen LogP contribution in [0.1, 0.15) is 39.5 Å². The maximum absolute atomic E-state index is 11.9. The average molecular weight is 284 g/mol. The van der Waals surface area contributed by atoms with Crippen LogP contribution in [0.5, 0.6) is 0 Å². The van der Waals surface area contributed by atoms with Crippen molar-refractivity contribution < 1.29 is 4.79 Å². The summed E-state index contributed by atoms with van der Waals surface area (Å²) in [6.45, 7) is 7.06. The van der Waals surface area contributed by atoms with E-state index >= 15 is 0 Å². The third kappa shape index (κ3) is 4.67. The standard InChI is InChI=1S/C15H28N2OS/c1-12(2)15(18)17-7-5-13(6-8-17)10-16-14-4-3-9-19-11-14/h12-14,16H,3-11H2,1-2H3. The highest BCUT2D eigenvalue weighted by molar-refractivity contribution is 7.99. The number of rotatable bonds is 4. The summed E-state index contributed by atoms with van der Waals surface area (Å²) >= 11 is 2.08. The van der Waals surface area contributed by atoms with Crippen molar-refractivity contribution in [1.82, 2.24) is 10.2 Å². The van der Waals surface area contributed by atoms with Crippen LogP contribution >= 0.6 is 11.8 Å². The third-order valence-electron chi connectivity index (χ3n) is 4.28. The number of likely N-dealkylation sites (tertiary alicyclic amines) is 1. The molecule has 0 spiro atoms. The first-order valence-electron chi connectivity index (χ1n) is 7.76. The molecule has 110 valence electrons. The molecule has 2 heterocycles. The van der Waals surface area contributed by atoms with E-state index in [1.165, 1.54) is 37.2 Å². The van der Waals surface area contributed by atoms with Crippen LogP contribution in [0.15, 0.2) is 0 Å². The summed E-state index contributed by atoms with van der Waals surface area (Å²) in [5.41, 5.74) is 0. The fourth-order valence-electron chi connectivity index (χ4n) is 2.96. The second-order valence-electron chi connectivity index (χ2n) is 6.25. The Bertz CT molecular complexity index is 282. The predicted octanol–water partition coefficient (Wildman–Crippen LogP) is 2.37. The fourth-order valence-corrected chi connectivity index (χ4v) is 4.06. The Morgan fingerprint density at radius 2 is 2.05 bits per heavy atom. The Kier molecular flexibility index (Phi) is 6.02. The van der Waals surface area contributed by atoms with E-state index in [2.05, 4.69) is 22.0 Å². The fraction of sp³-hybridized carbons (Fsp3) is 0.933. The van der Waals surface area contributed by atoms with Crippen LogP contribution in [0.2, 0.25) is 0 Å². The number of piperidine rings is 1. The zero-order valence-corrected chi connectivity index (χ0v) is 13.2. The summed E-state index contributed by atoms with van der Waals surface area (Å²) in [6, 6.07) is 0.731. The Morgan fingerprint density at radius 3 is 2.63 bits per heavy atom. The maximum Gasteiger partial charge on any atom is 0.225 e. The van der Waals surface area contributed by atoms with Crippen LogP contribution in [0.4, 0.5) is 0 Å². The molecule has 2 aliphatic heterocycles. The molecule has 2 aliphatic rings. The van der Waals surface area contributed by atoms with Crippen molar-refractivity contribution in [3.63, 3.8) is 0 Å². The Balaban J connectivity index is 1.64. The third-order valence-corrected chi connectivity index (χ3v) is 5.49. The molecule has 2 rings (SSSR count). The van der Waals surface area contributed by atoms with Gasteiger partial charge in [-0.1, -0.05) is 13.8 Å². The van der Waals surface area contributed by atoms with Crippen molar-refractivity contribution in [2.75, 3.05) is 31.1 Å². The Labute approximate surface area is 121 Å². The minimum Gasteiger partial charge on any atom is -0.342 e. The summed E-state index contributed by atoms with van der Waals surface area (Å²) in [6.07, 6.45) is 5.05. The van der Waals surface area contributed by atoms with Gasteiger partial charge in [-0.05, 0) is 43.9 Å². The van der Waals surface area contributed by atoms with Gasteiger partial charge in [0.05, 0.1) is 0 Å². The molecule has 0 aromatic carbocycles. The predicted molar refractivity (Wildman–Crippen MR) is 82.5 cm³/mol. The molecule has 19 heavy (non-hydrogen) atoms. The van der Waals surface area contributed by atoms with E-state index in [4.69, 9.17) is 0 Å². The van der Waals surface area contributed by atoms with E-state index in [9.17, 15) is 4.79 Å². The quantitative estimate of drug-likeness (QED) is 0.860. The lowest BCUT2D eigenvalue weighted by molar-refractivity contribution is -0.135. The maximum atomic E-state index is 11.9. The Morgan fingerprint density at radius 1 is 1.32 bits per heavy atom. The number of nitrogens with one attached hydrogen (secondary N) is 1. The number of nitrogens with zero attached hydrogens (tertiary/aromatic N) is 1. The molecule has 0 aliphatic carbocycles. The molecule has 3 nitrogen and oxygen atoms in total. The van der Waals surface area contributed by atoms with Crippen LogP contribution in [-0.2, 0) is 4.79 Å². The first kappa shape index (κ1) is 15.2. The zero-order valence-electron chi connectivity index (χ0n) is 12.4. The van der Waals surface area contributed by atoms with Gasteiger partial charge in [0.15, 0.2) is 0 Å². The molecule has 0 saturated carbocycles. The molecule has 1 unspecified atom stereocenters. The molecule has 4 heteroatoms. The first-order chi connectivity index (χ1) is 9.16. The molecule has 1 amide bonds. The second-order valence-corrected chi connectivity index (χ2v) is 7.40. The van der Waals surface area contributed by atoms with E-state index in [1.807, 2.05) is 13.8 Å². The lowest BCUT2D eigenvalue weighted by Crippen LogP contribution is -2.44. The average Bonchev–Trinajstić information content (AvgIpc) is 2.46. The highest BCUT2D eigenvalue weighted by Gasteiger charge is 2.24. The Hall–Kier alpha value is -0.220. The topological polar surface area (TPSA) is 32.3 Å². The zero-order chi connectivity index (χ0) is 13.7. The molecule has 0 aromatic rings. The molecule has 1 atom stereocenters. The van der Waals surface area contributed by atoms with E-state index in [1.54, 1.807) is 0 Å². The summed E-state index contributed by atoms with van der Waals surface area (Å²) < 4.78 is 0. The first-order valence-corrected chi connectivity index (χ1v) is 8.92. The van der Waals surface area contributed by atoms with E-state index in [-0.39, 0.29) is 5.92 Å². The van der Waals surface area contributed by atoms with Gasteiger partial charge >= 0.3 is 0 Å². The van der Waals surface area contributed by atoms with Crippen LogP contribution < -0.4 is 5.32 Å². The molecule has 2 fully saturated rings. The summed E-state index contributed by atoms with van der Waals surface area (Å²) in [7, 11) is 0. The van der Waals surface area contributed by atoms with Gasteiger partial charge in [-0.2, -0.15) is 11.8 Å². The van der Waals surface area contributed by atoms with Gasteiger partial charge in [0.1, 0.15) is 0 Å². The van der Waals surface area contributed by atoms with E-state index < -0.39 is 0 Å². The summed E-state index contributed by atoms with van der Waals surface area (Å²) in [4.78, 5) is 14.0. The molecule has 0 bridgehead atoms. The highest BCUT2D eigenvalue weighted by atomic mass is 32.2. The van der Waals surface area contributed by atoms with Gasteiger partial charge in [0, 0.05) is 30.8 Å². The second kappa shape index (κ2) is 7.53. The monoisotopic (exact) mass is 284 g/mol. The smallest absolute Gasteiger partial charge is 0.225 e. The van der Waals surface area contributed by atoms with Crippen LogP contribution in [-0.4, -0.2) is 48.0 Å². The minimum atomic E-state index is 0.147. The van der Waals surface area contributed by atoms with Crippen LogP contribution in [0.25, 0.3) is 0 Å². The summed E-state index contributed by atoms with van der Waals surface area (Å²) in [5.74, 6) is 3.87. The van der Waals surface area contributed by atoms with Gasteiger partial charge in [-0.15, -0.1) is 0 Å². The van der Waals surface area contributed by atoms with Crippen molar-refractivity contribution in [3.8, 4) is 0 Å². The number of carbonyl (C=O) groups is 1. The van der Waals surface area contributed by atoms with Crippen molar-refractivity contribution in [2.45, 2.75) is 45.6 Å². The van der Waals surface area contributed by atoms with Crippen molar-refractivity contribution >= 4 is 17.7 Å². The largest absolute Gasteiger partial charge is 0.342 e. The van der Waals surface area contributed by atoms with Gasteiger partial charge < -0.3 is 10.2 Å². The van der Waals surface area contributed by atoms with Gasteiger partial charge in [0.2, 0.25) is 5.91 Å². The SMILES string of the molecule is CC(C)C(=O)N1CCC(CNC2CCCSC2)CC1. The van der Waals surface area contributed by atoms with E-state index in [0.717, 1.165) is 31.6 Å². The van der Waals surface area contributed by atoms with Crippen molar-refractivity contribution in [3.05, 3.63) is 0 Å². The lowest BCUT2D eigenvalue weighted by atomic mass is 9.95. The number of hydrogen-bond donors (Lipinski definition) is 1. The molecular weight excluding hydrogens is 256 g/mol. The minimum absolute atomic E-state index is 0.147. The summed E-state index contributed by atoms with van der Waals surface area (Å²) in [5, 5.41) is 3.73. The normalized spacial score (nSPS) is 25.8. The molecule has 0 aromatic heterocycles. The highest BCUT2D eigenvalue weighted by Crippen LogP contribution is 2.20. The molecule has 0 radical (unpaired) electrons.